The van der Waals surface area contributed by atoms with Gasteiger partial charge in [0.2, 0.25) is 17.6 Å². The summed E-state index contributed by atoms with van der Waals surface area (Å²) in [5, 5.41) is 7.40. The number of pyridine rings is 1. The third-order valence-corrected chi connectivity index (χ3v) is 3.25. The molecule has 0 saturated carbocycles. The van der Waals surface area contributed by atoms with Crippen LogP contribution in [0.25, 0.3) is 11.4 Å². The maximum Gasteiger partial charge on any atom is 0.244 e. The molecular weight excluding hydrogens is 280 g/mol. The number of ether oxygens (including phenoxy) is 1. The van der Waals surface area contributed by atoms with Gasteiger partial charge in [0, 0.05) is 17.8 Å². The quantitative estimate of drug-likeness (QED) is 0.937. The van der Waals surface area contributed by atoms with Crippen LogP contribution in [0.5, 0.6) is 5.88 Å². The van der Waals surface area contributed by atoms with Crippen LogP contribution in [-0.2, 0) is 0 Å². The highest BCUT2D eigenvalue weighted by Gasteiger charge is 2.21. The van der Waals surface area contributed by atoms with Gasteiger partial charge in [-0.05, 0) is 25.5 Å². The van der Waals surface area contributed by atoms with Crippen molar-refractivity contribution < 1.29 is 9.26 Å². The van der Waals surface area contributed by atoms with E-state index in [0.717, 1.165) is 18.5 Å². The third kappa shape index (κ3) is 3.08. The Kier molecular flexibility index (Phi) is 4.92. The summed E-state index contributed by atoms with van der Waals surface area (Å²) in [6, 6.07) is 3.83. The van der Waals surface area contributed by atoms with E-state index in [-0.39, 0.29) is 18.4 Å². The lowest BCUT2D eigenvalue weighted by Crippen LogP contribution is -2.26. The van der Waals surface area contributed by atoms with Crippen molar-refractivity contribution in [2.75, 3.05) is 13.7 Å². The number of hydrogen-bond donors (Lipinski definition) is 1. The minimum Gasteiger partial charge on any atom is -0.481 e. The lowest BCUT2D eigenvalue weighted by Gasteiger charge is -2.19. The highest BCUT2D eigenvalue weighted by Crippen LogP contribution is 2.24. The van der Waals surface area contributed by atoms with Gasteiger partial charge in [-0.1, -0.05) is 11.6 Å². The molecule has 3 rings (SSSR count). The zero-order valence-electron chi connectivity index (χ0n) is 11.2. The van der Waals surface area contributed by atoms with Crippen molar-refractivity contribution in [2.24, 2.45) is 0 Å². The van der Waals surface area contributed by atoms with Crippen molar-refractivity contribution in [3.05, 3.63) is 24.2 Å². The molecular formula is C13H17ClN4O2. The average molecular weight is 297 g/mol. The molecule has 0 spiro atoms. The predicted octanol–water partition coefficient (Wildman–Crippen LogP) is 2.38. The molecule has 2 aromatic rings. The van der Waals surface area contributed by atoms with Crippen molar-refractivity contribution in [1.82, 2.24) is 20.4 Å². The number of hydrogen-bond acceptors (Lipinski definition) is 6. The summed E-state index contributed by atoms with van der Waals surface area (Å²) in [6.07, 6.45) is 5.13. The number of aromatic nitrogens is 3. The molecule has 1 N–H and O–H groups in total. The third-order valence-electron chi connectivity index (χ3n) is 3.25. The van der Waals surface area contributed by atoms with Crippen molar-refractivity contribution in [2.45, 2.75) is 25.3 Å². The Labute approximate surface area is 123 Å². The molecule has 0 radical (unpaired) electrons. The van der Waals surface area contributed by atoms with Gasteiger partial charge in [-0.15, -0.1) is 12.4 Å². The number of halogens is 1. The number of piperidine rings is 1. The lowest BCUT2D eigenvalue weighted by molar-refractivity contribution is 0.297. The Bertz CT molecular complexity index is 538. The maximum atomic E-state index is 5.33. The van der Waals surface area contributed by atoms with Gasteiger partial charge in [-0.25, -0.2) is 4.98 Å². The van der Waals surface area contributed by atoms with Gasteiger partial charge in [0.05, 0.1) is 13.2 Å². The SMILES string of the molecule is COc1ccc(-c2noc([C@@H]3CCCCN3)n2)cn1.Cl. The topological polar surface area (TPSA) is 73.1 Å². The maximum absolute atomic E-state index is 5.33. The van der Waals surface area contributed by atoms with E-state index in [0.29, 0.717) is 17.6 Å². The van der Waals surface area contributed by atoms with Crippen LogP contribution in [0.2, 0.25) is 0 Å². The van der Waals surface area contributed by atoms with Crippen LogP contribution in [-0.4, -0.2) is 28.8 Å². The van der Waals surface area contributed by atoms with Gasteiger partial charge in [0.1, 0.15) is 0 Å². The first-order chi connectivity index (χ1) is 9.36. The Morgan fingerprint density at radius 2 is 2.25 bits per heavy atom. The second-order valence-corrected chi connectivity index (χ2v) is 4.55. The van der Waals surface area contributed by atoms with Gasteiger partial charge in [-0.3, -0.25) is 0 Å². The number of nitrogens with zero attached hydrogens (tertiary/aromatic N) is 3. The van der Waals surface area contributed by atoms with E-state index in [2.05, 4.69) is 20.4 Å². The Morgan fingerprint density at radius 1 is 1.35 bits per heavy atom. The Hall–Kier alpha value is -1.66. The number of nitrogens with one attached hydrogen (secondary N) is 1. The summed E-state index contributed by atoms with van der Waals surface area (Å²) in [6.45, 7) is 1.01. The molecule has 6 nitrogen and oxygen atoms in total. The van der Waals surface area contributed by atoms with Crippen LogP contribution >= 0.6 is 12.4 Å². The first-order valence-electron chi connectivity index (χ1n) is 6.44. The zero-order chi connectivity index (χ0) is 13.1. The fourth-order valence-electron chi connectivity index (χ4n) is 2.19. The molecule has 1 aliphatic heterocycles. The molecule has 1 fully saturated rings. The van der Waals surface area contributed by atoms with E-state index in [1.807, 2.05) is 6.07 Å². The van der Waals surface area contributed by atoms with Crippen LogP contribution in [0.4, 0.5) is 0 Å². The zero-order valence-corrected chi connectivity index (χ0v) is 12.0. The largest absolute Gasteiger partial charge is 0.481 e. The molecule has 1 aliphatic rings. The molecule has 0 bridgehead atoms. The van der Waals surface area contributed by atoms with Gasteiger partial charge >= 0.3 is 0 Å². The molecule has 20 heavy (non-hydrogen) atoms. The lowest BCUT2D eigenvalue weighted by atomic mass is 10.1. The fraction of sp³-hybridized carbons (Fsp3) is 0.462. The summed E-state index contributed by atoms with van der Waals surface area (Å²) in [4.78, 5) is 8.57. The van der Waals surface area contributed by atoms with E-state index in [9.17, 15) is 0 Å². The van der Waals surface area contributed by atoms with Gasteiger partial charge in [-0.2, -0.15) is 4.98 Å². The molecule has 0 aliphatic carbocycles. The van der Waals surface area contributed by atoms with E-state index in [4.69, 9.17) is 9.26 Å². The minimum absolute atomic E-state index is 0. The first-order valence-corrected chi connectivity index (χ1v) is 6.44. The standard InChI is InChI=1S/C13H16N4O2.ClH/c1-18-11-6-5-9(8-15-11)12-16-13(19-17-12)10-4-2-3-7-14-10;/h5-6,8,10,14H,2-4,7H2,1H3;1H/t10-;/m0./s1. The summed E-state index contributed by atoms with van der Waals surface area (Å²) >= 11 is 0. The second-order valence-electron chi connectivity index (χ2n) is 4.55. The van der Waals surface area contributed by atoms with Crippen molar-refractivity contribution in [3.8, 4) is 17.3 Å². The Balaban J connectivity index is 0.00000147. The summed E-state index contributed by atoms with van der Waals surface area (Å²) in [7, 11) is 1.59. The molecule has 0 unspecified atom stereocenters. The first kappa shape index (κ1) is 14.7. The predicted molar refractivity (Wildman–Crippen MR) is 75.9 cm³/mol. The van der Waals surface area contributed by atoms with Gasteiger partial charge in [0.25, 0.3) is 0 Å². The summed E-state index contributed by atoms with van der Waals surface area (Å²) in [5.74, 6) is 1.80. The second kappa shape index (κ2) is 6.67. The monoisotopic (exact) mass is 296 g/mol. The number of methoxy groups -OCH3 is 1. The van der Waals surface area contributed by atoms with Gasteiger partial charge < -0.3 is 14.6 Å². The molecule has 0 amide bonds. The van der Waals surface area contributed by atoms with Crippen LogP contribution in [0.1, 0.15) is 31.2 Å². The summed E-state index contributed by atoms with van der Waals surface area (Å²) in [5.41, 5.74) is 0.826. The molecule has 3 heterocycles. The van der Waals surface area contributed by atoms with Crippen LogP contribution < -0.4 is 10.1 Å². The molecule has 2 aromatic heterocycles. The molecule has 108 valence electrons. The molecule has 1 saturated heterocycles. The fourth-order valence-corrected chi connectivity index (χ4v) is 2.19. The molecule has 7 heteroatoms. The van der Waals surface area contributed by atoms with Crippen LogP contribution in [0, 0.1) is 0 Å². The van der Waals surface area contributed by atoms with Crippen LogP contribution in [0.15, 0.2) is 22.9 Å². The minimum atomic E-state index is 0. The Morgan fingerprint density at radius 3 is 2.90 bits per heavy atom. The average Bonchev–Trinajstić information content (AvgIpc) is 2.98. The summed E-state index contributed by atoms with van der Waals surface area (Å²) < 4.78 is 10.4. The molecule has 1 atom stereocenters. The van der Waals surface area contributed by atoms with Gasteiger partial charge in [0.15, 0.2) is 0 Å². The van der Waals surface area contributed by atoms with E-state index in [1.165, 1.54) is 12.8 Å². The highest BCUT2D eigenvalue weighted by atomic mass is 35.5. The van der Waals surface area contributed by atoms with Crippen molar-refractivity contribution in [1.29, 1.82) is 0 Å². The molecule has 0 aromatic carbocycles. The van der Waals surface area contributed by atoms with E-state index >= 15 is 0 Å². The highest BCUT2D eigenvalue weighted by molar-refractivity contribution is 5.85. The normalized spacial score (nSPS) is 18.4. The van der Waals surface area contributed by atoms with E-state index < -0.39 is 0 Å². The smallest absolute Gasteiger partial charge is 0.244 e. The van der Waals surface area contributed by atoms with Crippen LogP contribution in [0.3, 0.4) is 0 Å². The van der Waals surface area contributed by atoms with E-state index in [1.54, 1.807) is 19.4 Å². The number of rotatable bonds is 3. The van der Waals surface area contributed by atoms with Crippen molar-refractivity contribution >= 4 is 12.4 Å². The van der Waals surface area contributed by atoms with Crippen molar-refractivity contribution in [3.63, 3.8) is 0 Å².